The van der Waals surface area contributed by atoms with Gasteiger partial charge in [-0.3, -0.25) is 14.5 Å². The topological polar surface area (TPSA) is 61.9 Å². The summed E-state index contributed by atoms with van der Waals surface area (Å²) < 4.78 is 18.3. The zero-order chi connectivity index (χ0) is 19.9. The molecular formula is C20H24FN3O3S. The first-order valence-electron chi connectivity index (χ1n) is 9.22. The minimum absolute atomic E-state index is 0.000947. The lowest BCUT2D eigenvalue weighted by Gasteiger charge is -2.34. The predicted octanol–water partition coefficient (Wildman–Crippen LogP) is 2.29. The molecule has 2 aromatic rings. The van der Waals surface area contributed by atoms with E-state index in [9.17, 15) is 14.0 Å². The molecule has 8 heteroatoms. The maximum absolute atomic E-state index is 12.9. The number of carbonyl (C=O) groups is 2. The number of nitrogens with zero attached hydrogens (tertiary/aromatic N) is 2. The maximum Gasteiger partial charge on any atom is 0.260 e. The Morgan fingerprint density at radius 3 is 2.54 bits per heavy atom. The Hall–Kier alpha value is -2.45. The third kappa shape index (κ3) is 5.77. The van der Waals surface area contributed by atoms with Crippen LogP contribution in [0.1, 0.15) is 17.8 Å². The van der Waals surface area contributed by atoms with Crippen molar-refractivity contribution < 1.29 is 18.7 Å². The first-order chi connectivity index (χ1) is 13.5. The summed E-state index contributed by atoms with van der Waals surface area (Å²) in [5.41, 5.74) is 0. The Kier molecular flexibility index (Phi) is 7.00. The second kappa shape index (κ2) is 9.66. The average Bonchev–Trinajstić information content (AvgIpc) is 3.23. The van der Waals surface area contributed by atoms with Gasteiger partial charge in [-0.2, -0.15) is 0 Å². The monoisotopic (exact) mass is 405 g/mol. The van der Waals surface area contributed by atoms with Crippen molar-refractivity contribution in [3.63, 3.8) is 0 Å². The van der Waals surface area contributed by atoms with E-state index in [-0.39, 0.29) is 30.3 Å². The van der Waals surface area contributed by atoms with E-state index in [0.29, 0.717) is 38.5 Å². The number of carbonyl (C=O) groups excluding carboxylic acids is 2. The van der Waals surface area contributed by atoms with Gasteiger partial charge in [0.15, 0.2) is 6.61 Å². The molecule has 2 amide bonds. The lowest BCUT2D eigenvalue weighted by atomic mass is 10.2. The number of thiophene rings is 1. The van der Waals surface area contributed by atoms with Crippen LogP contribution in [0.15, 0.2) is 41.8 Å². The standard InChI is InChI=1S/C20H24FN3O3S/c1-15(18-3-2-12-28-18)22-19(25)13-23-8-10-24(11-9-23)20(26)14-27-17-6-4-16(21)5-7-17/h2-7,12,15H,8-11,13-14H2,1H3,(H,22,25). The molecule has 3 rings (SSSR count). The number of rotatable bonds is 7. The molecule has 150 valence electrons. The van der Waals surface area contributed by atoms with Crippen molar-refractivity contribution in [2.45, 2.75) is 13.0 Å². The van der Waals surface area contributed by atoms with Gasteiger partial charge >= 0.3 is 0 Å². The Bertz CT molecular complexity index is 775. The lowest BCUT2D eigenvalue weighted by molar-refractivity contribution is -0.135. The Labute approximate surface area is 167 Å². The highest BCUT2D eigenvalue weighted by atomic mass is 32.1. The molecule has 1 aliphatic rings. The van der Waals surface area contributed by atoms with Crippen molar-refractivity contribution in [2.24, 2.45) is 0 Å². The van der Waals surface area contributed by atoms with Gasteiger partial charge in [-0.25, -0.2) is 4.39 Å². The number of benzene rings is 1. The molecule has 0 bridgehead atoms. The van der Waals surface area contributed by atoms with Gasteiger partial charge < -0.3 is 15.0 Å². The van der Waals surface area contributed by atoms with Crippen LogP contribution >= 0.6 is 11.3 Å². The van der Waals surface area contributed by atoms with E-state index < -0.39 is 0 Å². The van der Waals surface area contributed by atoms with E-state index in [1.165, 1.54) is 24.3 Å². The van der Waals surface area contributed by atoms with Gasteiger partial charge in [0.2, 0.25) is 5.91 Å². The highest BCUT2D eigenvalue weighted by Crippen LogP contribution is 2.18. The SMILES string of the molecule is CC(NC(=O)CN1CCN(C(=O)COc2ccc(F)cc2)CC1)c1cccs1. The fraction of sp³-hybridized carbons (Fsp3) is 0.400. The van der Waals surface area contributed by atoms with E-state index in [1.807, 2.05) is 29.3 Å². The highest BCUT2D eigenvalue weighted by Gasteiger charge is 2.23. The van der Waals surface area contributed by atoms with E-state index in [1.54, 1.807) is 16.2 Å². The molecule has 1 atom stereocenters. The highest BCUT2D eigenvalue weighted by molar-refractivity contribution is 7.10. The summed E-state index contributed by atoms with van der Waals surface area (Å²) >= 11 is 1.62. The molecule has 1 saturated heterocycles. The quantitative estimate of drug-likeness (QED) is 0.768. The Morgan fingerprint density at radius 1 is 1.18 bits per heavy atom. The van der Waals surface area contributed by atoms with Crippen LogP contribution in [0, 0.1) is 5.82 Å². The number of halogens is 1. The Balaban J connectivity index is 1.37. The summed E-state index contributed by atoms with van der Waals surface area (Å²) in [6.45, 7) is 4.61. The van der Waals surface area contributed by atoms with Crippen LogP contribution in [-0.2, 0) is 9.59 Å². The number of hydrogen-bond donors (Lipinski definition) is 1. The van der Waals surface area contributed by atoms with E-state index in [4.69, 9.17) is 4.74 Å². The molecular weight excluding hydrogens is 381 g/mol. The molecule has 0 spiro atoms. The number of nitrogens with one attached hydrogen (secondary N) is 1. The summed E-state index contributed by atoms with van der Waals surface area (Å²) in [6.07, 6.45) is 0. The number of piperazine rings is 1. The minimum atomic E-state index is -0.344. The van der Waals surface area contributed by atoms with Crippen molar-refractivity contribution in [1.82, 2.24) is 15.1 Å². The number of hydrogen-bond acceptors (Lipinski definition) is 5. The van der Waals surface area contributed by atoms with Crippen LogP contribution in [0.3, 0.4) is 0 Å². The van der Waals surface area contributed by atoms with Gasteiger partial charge in [0, 0.05) is 31.1 Å². The fourth-order valence-corrected chi connectivity index (χ4v) is 3.76. The summed E-state index contributed by atoms with van der Waals surface area (Å²) in [4.78, 5) is 29.4. The third-order valence-electron chi connectivity index (χ3n) is 4.62. The first kappa shape index (κ1) is 20.3. The van der Waals surface area contributed by atoms with Crippen LogP contribution in [0.2, 0.25) is 0 Å². The largest absolute Gasteiger partial charge is 0.484 e. The smallest absolute Gasteiger partial charge is 0.260 e. The van der Waals surface area contributed by atoms with Crippen LogP contribution in [0.4, 0.5) is 4.39 Å². The van der Waals surface area contributed by atoms with Gasteiger partial charge in [-0.1, -0.05) is 6.07 Å². The molecule has 1 aromatic heterocycles. The summed E-state index contributed by atoms with van der Waals surface area (Å²) in [5, 5.41) is 5.00. The van der Waals surface area contributed by atoms with E-state index in [2.05, 4.69) is 5.32 Å². The van der Waals surface area contributed by atoms with Crippen LogP contribution in [0.5, 0.6) is 5.75 Å². The number of amides is 2. The van der Waals surface area contributed by atoms with Gasteiger partial charge in [0.05, 0.1) is 12.6 Å². The van der Waals surface area contributed by atoms with Crippen LogP contribution < -0.4 is 10.1 Å². The molecule has 28 heavy (non-hydrogen) atoms. The van der Waals surface area contributed by atoms with Crippen molar-refractivity contribution >= 4 is 23.2 Å². The molecule has 2 heterocycles. The lowest BCUT2D eigenvalue weighted by Crippen LogP contribution is -2.52. The van der Waals surface area contributed by atoms with Crippen LogP contribution in [-0.4, -0.2) is 60.9 Å². The molecule has 1 fully saturated rings. The van der Waals surface area contributed by atoms with Crippen molar-refractivity contribution in [3.8, 4) is 5.75 Å². The first-order valence-corrected chi connectivity index (χ1v) is 10.1. The molecule has 1 N–H and O–H groups in total. The van der Waals surface area contributed by atoms with E-state index in [0.717, 1.165) is 4.88 Å². The average molecular weight is 405 g/mol. The molecule has 0 saturated carbocycles. The summed E-state index contributed by atoms with van der Waals surface area (Å²) in [6, 6.07) is 9.56. The molecule has 6 nitrogen and oxygen atoms in total. The molecule has 1 unspecified atom stereocenters. The fourth-order valence-electron chi connectivity index (χ4n) is 3.02. The number of ether oxygens (including phenoxy) is 1. The third-order valence-corrected chi connectivity index (χ3v) is 5.67. The predicted molar refractivity (Wildman–Crippen MR) is 106 cm³/mol. The van der Waals surface area contributed by atoms with Crippen molar-refractivity contribution in [2.75, 3.05) is 39.3 Å². The van der Waals surface area contributed by atoms with Crippen molar-refractivity contribution in [3.05, 3.63) is 52.5 Å². The van der Waals surface area contributed by atoms with E-state index >= 15 is 0 Å². The second-order valence-electron chi connectivity index (χ2n) is 6.70. The van der Waals surface area contributed by atoms with Crippen molar-refractivity contribution in [1.29, 1.82) is 0 Å². The Morgan fingerprint density at radius 2 is 1.89 bits per heavy atom. The van der Waals surface area contributed by atoms with Gasteiger partial charge in [-0.15, -0.1) is 11.3 Å². The molecule has 0 radical (unpaired) electrons. The molecule has 0 aliphatic carbocycles. The zero-order valence-electron chi connectivity index (χ0n) is 15.8. The minimum Gasteiger partial charge on any atom is -0.484 e. The molecule has 1 aromatic carbocycles. The van der Waals surface area contributed by atoms with Gasteiger partial charge in [-0.05, 0) is 42.6 Å². The molecule has 1 aliphatic heterocycles. The second-order valence-corrected chi connectivity index (χ2v) is 7.68. The normalized spacial score (nSPS) is 15.9. The summed E-state index contributed by atoms with van der Waals surface area (Å²) in [7, 11) is 0. The van der Waals surface area contributed by atoms with Crippen LogP contribution in [0.25, 0.3) is 0 Å². The maximum atomic E-state index is 12.9. The zero-order valence-corrected chi connectivity index (χ0v) is 16.6. The van der Waals surface area contributed by atoms with Gasteiger partial charge in [0.1, 0.15) is 11.6 Å². The van der Waals surface area contributed by atoms with Gasteiger partial charge in [0.25, 0.3) is 5.91 Å². The summed E-state index contributed by atoms with van der Waals surface area (Å²) in [5.74, 6) is -0.00593.